The molecule has 15 heavy (non-hydrogen) atoms. The van der Waals surface area contributed by atoms with Crippen molar-refractivity contribution >= 4 is 32.8 Å². The van der Waals surface area contributed by atoms with Crippen LogP contribution in [0.25, 0.3) is 0 Å². The third-order valence-corrected chi connectivity index (χ3v) is 5.84. The highest BCUT2D eigenvalue weighted by Gasteiger charge is 2.41. The van der Waals surface area contributed by atoms with Gasteiger partial charge in [-0.3, -0.25) is 0 Å². The molecular formula is C9H21B2ClN2Si. The number of allylic oxidation sites excluding steroid dienone is 1. The monoisotopic (exact) mass is 242 g/mol. The average Bonchev–Trinajstić information content (AvgIpc) is 2.44. The first-order valence-electron chi connectivity index (χ1n) is 5.52. The van der Waals surface area contributed by atoms with E-state index in [2.05, 4.69) is 48.0 Å². The largest absolute Gasteiger partial charge is 0.449 e. The normalized spacial score (nSPS) is 21.7. The van der Waals surface area contributed by atoms with Gasteiger partial charge in [0.15, 0.2) is 0 Å². The lowest BCUT2D eigenvalue weighted by Gasteiger charge is -2.36. The quantitative estimate of drug-likeness (QED) is 0.702. The van der Waals surface area contributed by atoms with Crippen molar-refractivity contribution in [1.29, 1.82) is 0 Å². The number of halogens is 1. The molecule has 0 aromatic rings. The fourth-order valence-corrected chi connectivity index (χ4v) is 4.40. The highest BCUT2D eigenvalue weighted by molar-refractivity contribution is 7.11. The van der Waals surface area contributed by atoms with Gasteiger partial charge in [0, 0.05) is 0 Å². The summed E-state index contributed by atoms with van der Waals surface area (Å²) in [6.45, 7) is 9.92. The van der Waals surface area contributed by atoms with E-state index in [1.165, 1.54) is 0 Å². The third-order valence-electron chi connectivity index (χ3n) is 3.05. The molecule has 2 nitrogen and oxygen atoms in total. The van der Waals surface area contributed by atoms with E-state index in [0.717, 1.165) is 0 Å². The molecule has 1 atom stereocenters. The van der Waals surface area contributed by atoms with Crippen molar-refractivity contribution < 1.29 is 0 Å². The number of rotatable bonds is 3. The molecule has 0 saturated carbocycles. The predicted octanol–water partition coefficient (Wildman–Crippen LogP) is 2.47. The van der Waals surface area contributed by atoms with Crippen molar-refractivity contribution in [2.75, 3.05) is 14.1 Å². The van der Waals surface area contributed by atoms with Crippen LogP contribution >= 0.6 is 11.5 Å². The first-order valence-corrected chi connectivity index (χ1v) is 9.41. The Morgan fingerprint density at radius 2 is 1.93 bits per heavy atom. The van der Waals surface area contributed by atoms with Gasteiger partial charge in [-0.25, -0.2) is 0 Å². The van der Waals surface area contributed by atoms with Gasteiger partial charge < -0.3 is 9.29 Å². The lowest BCUT2D eigenvalue weighted by atomic mass is 9.42. The first-order chi connectivity index (χ1) is 6.75. The molecule has 0 amide bonds. The second-order valence-electron chi connectivity index (χ2n) is 5.57. The summed E-state index contributed by atoms with van der Waals surface area (Å²) in [6.07, 6.45) is 4.61. The molecule has 1 aliphatic heterocycles. The zero-order valence-corrected chi connectivity index (χ0v) is 12.4. The minimum absolute atomic E-state index is 0.0950. The van der Waals surface area contributed by atoms with Crippen LogP contribution in [-0.2, 0) is 0 Å². The molecule has 0 aromatic heterocycles. The lowest BCUT2D eigenvalue weighted by Crippen LogP contribution is -2.51. The van der Waals surface area contributed by atoms with Gasteiger partial charge in [-0.2, -0.15) is 11.5 Å². The Bertz CT molecular complexity index is 255. The lowest BCUT2D eigenvalue weighted by molar-refractivity contribution is 0.651. The summed E-state index contributed by atoms with van der Waals surface area (Å²) in [5, 5.41) is 0. The molecule has 0 unspecified atom stereocenters. The minimum Gasteiger partial charge on any atom is -0.449 e. The molecule has 0 aromatic carbocycles. The Labute approximate surface area is 101 Å². The molecule has 1 aliphatic rings. The van der Waals surface area contributed by atoms with Crippen LogP contribution in [0.1, 0.15) is 0 Å². The smallest absolute Gasteiger partial charge is 0.332 e. The molecule has 0 spiro atoms. The van der Waals surface area contributed by atoms with Crippen LogP contribution in [0, 0.1) is 0 Å². The minimum atomic E-state index is -1.24. The summed E-state index contributed by atoms with van der Waals surface area (Å²) in [7, 11) is 2.83. The molecule has 0 radical (unpaired) electrons. The Morgan fingerprint density at radius 1 is 1.40 bits per heavy atom. The zero-order valence-electron chi connectivity index (χ0n) is 10.7. The fourth-order valence-electron chi connectivity index (χ4n) is 2.17. The summed E-state index contributed by atoms with van der Waals surface area (Å²) in [4.78, 5) is 2.08. The van der Waals surface area contributed by atoms with Crippen LogP contribution in [0.4, 0.5) is 0 Å². The van der Waals surface area contributed by atoms with Gasteiger partial charge in [0.05, 0.1) is 0 Å². The average molecular weight is 242 g/mol. The maximum Gasteiger partial charge on any atom is 0.332 e. The second-order valence-corrected chi connectivity index (χ2v) is 10.9. The Balaban J connectivity index is 2.73. The standard InChI is InChI=1S/C9H21B2ClN2Si/c1-10-9(11(12)13(2)3)7-8-14(10)15(4,5)6/h7-9H,1-6H3/t9-/m1/s1. The molecule has 0 N–H and O–H groups in total. The van der Waals surface area contributed by atoms with Crippen molar-refractivity contribution in [2.24, 2.45) is 0 Å². The van der Waals surface area contributed by atoms with E-state index in [-0.39, 0.29) is 6.26 Å². The van der Waals surface area contributed by atoms with Crippen LogP contribution in [-0.4, -0.2) is 44.7 Å². The molecule has 1 heterocycles. The van der Waals surface area contributed by atoms with Crippen molar-refractivity contribution in [1.82, 2.24) is 9.29 Å². The SMILES string of the molecule is CB1[C@H](B(Cl)N(C)C)C=CN1[Si](C)(C)C. The maximum atomic E-state index is 6.40. The summed E-state index contributed by atoms with van der Waals surface area (Å²) in [5.41, 5.74) is 0.438. The second kappa shape index (κ2) is 4.56. The number of nitrogens with zero attached hydrogens (tertiary/aromatic N) is 2. The van der Waals surface area contributed by atoms with Gasteiger partial charge in [0.1, 0.15) is 8.24 Å². The van der Waals surface area contributed by atoms with Crippen LogP contribution in [0.3, 0.4) is 0 Å². The molecule has 0 fully saturated rings. The number of hydrogen-bond acceptors (Lipinski definition) is 2. The van der Waals surface area contributed by atoms with Crippen molar-refractivity contribution in [3.63, 3.8) is 0 Å². The Hall–Kier alpha value is 0.137. The van der Waals surface area contributed by atoms with Crippen LogP contribution in [0.5, 0.6) is 0 Å². The highest BCUT2D eigenvalue weighted by atomic mass is 35.5. The topological polar surface area (TPSA) is 6.48 Å². The van der Waals surface area contributed by atoms with E-state index in [4.69, 9.17) is 11.5 Å². The summed E-state index contributed by atoms with van der Waals surface area (Å²) < 4.78 is 2.52. The maximum absolute atomic E-state index is 6.40. The van der Waals surface area contributed by atoms with E-state index in [0.29, 0.717) is 12.6 Å². The summed E-state index contributed by atoms with van der Waals surface area (Å²) in [6, 6.07) is 0. The van der Waals surface area contributed by atoms with Crippen molar-refractivity contribution in [2.45, 2.75) is 32.2 Å². The van der Waals surface area contributed by atoms with Gasteiger partial charge in [-0.1, -0.05) is 32.5 Å². The Kier molecular flexibility index (Phi) is 4.01. The Morgan fingerprint density at radius 3 is 2.27 bits per heavy atom. The van der Waals surface area contributed by atoms with Gasteiger partial charge in [0.2, 0.25) is 6.85 Å². The zero-order chi connectivity index (χ0) is 11.8. The molecule has 84 valence electrons. The van der Waals surface area contributed by atoms with E-state index in [1.807, 2.05) is 14.1 Å². The summed E-state index contributed by atoms with van der Waals surface area (Å²) >= 11 is 6.40. The molecule has 0 saturated heterocycles. The van der Waals surface area contributed by atoms with Crippen molar-refractivity contribution in [3.05, 3.63) is 12.3 Å². The van der Waals surface area contributed by atoms with E-state index < -0.39 is 8.24 Å². The molecule has 0 aliphatic carbocycles. The molecule has 6 heteroatoms. The molecular weight excluding hydrogens is 221 g/mol. The van der Waals surface area contributed by atoms with Gasteiger partial charge in [-0.05, 0) is 26.0 Å². The van der Waals surface area contributed by atoms with E-state index in [9.17, 15) is 0 Å². The summed E-state index contributed by atoms with van der Waals surface area (Å²) in [5.74, 6) is 0. The molecule has 1 rings (SSSR count). The molecule has 0 bridgehead atoms. The first kappa shape index (κ1) is 13.2. The van der Waals surface area contributed by atoms with Crippen molar-refractivity contribution in [3.8, 4) is 0 Å². The predicted molar refractivity (Wildman–Crippen MR) is 75.0 cm³/mol. The van der Waals surface area contributed by atoms with Gasteiger partial charge in [0.25, 0.3) is 0 Å². The van der Waals surface area contributed by atoms with Crippen LogP contribution < -0.4 is 0 Å². The fraction of sp³-hybridized carbons (Fsp3) is 0.778. The highest BCUT2D eigenvalue weighted by Crippen LogP contribution is 2.31. The van der Waals surface area contributed by atoms with Gasteiger partial charge >= 0.3 is 6.26 Å². The third kappa shape index (κ3) is 2.83. The van der Waals surface area contributed by atoms with Gasteiger partial charge in [-0.15, -0.1) is 0 Å². The van der Waals surface area contributed by atoms with Crippen LogP contribution in [0.2, 0.25) is 32.2 Å². The van der Waals surface area contributed by atoms with E-state index >= 15 is 0 Å². The number of hydrogen-bond donors (Lipinski definition) is 0. The van der Waals surface area contributed by atoms with Crippen LogP contribution in [0.15, 0.2) is 12.3 Å². The van der Waals surface area contributed by atoms with E-state index in [1.54, 1.807) is 0 Å².